The average Bonchev–Trinajstić information content (AvgIpc) is 2.77. The molecule has 0 fully saturated rings. The first-order chi connectivity index (χ1) is 7.52. The van der Waals surface area contributed by atoms with Crippen molar-refractivity contribution >= 4 is 5.78 Å². The van der Waals surface area contributed by atoms with Crippen molar-refractivity contribution in [3.05, 3.63) is 46.2 Å². The first-order valence-corrected chi connectivity index (χ1v) is 5.27. The molecule has 2 aromatic rings. The lowest BCUT2D eigenvalue weighted by atomic mass is 10.0. The third kappa shape index (κ3) is 1.48. The van der Waals surface area contributed by atoms with Crippen molar-refractivity contribution in [1.82, 2.24) is 4.98 Å². The molecule has 0 saturated carbocycles. The van der Waals surface area contributed by atoms with Crippen molar-refractivity contribution < 1.29 is 9.21 Å². The smallest absolute Gasteiger partial charge is 0.212 e. The first kappa shape index (κ1) is 10.7. The van der Waals surface area contributed by atoms with Crippen molar-refractivity contribution in [3.8, 4) is 0 Å². The van der Waals surface area contributed by atoms with Crippen LogP contribution in [-0.2, 0) is 0 Å². The fourth-order valence-corrected chi connectivity index (χ4v) is 1.83. The Labute approximate surface area is 94.5 Å². The van der Waals surface area contributed by atoms with Crippen molar-refractivity contribution in [3.63, 3.8) is 0 Å². The Bertz CT molecular complexity index is 546. The summed E-state index contributed by atoms with van der Waals surface area (Å²) in [6.07, 6.45) is 1.54. The molecule has 16 heavy (non-hydrogen) atoms. The largest absolute Gasteiger partial charge is 0.469 e. The number of aryl methyl sites for hydroxylation is 2. The predicted molar refractivity (Wildman–Crippen MR) is 61.9 cm³/mol. The maximum atomic E-state index is 12.2. The summed E-state index contributed by atoms with van der Waals surface area (Å²) in [5, 5.41) is 0. The number of hydrogen-bond donors (Lipinski definition) is 1. The van der Waals surface area contributed by atoms with Gasteiger partial charge in [-0.3, -0.25) is 4.79 Å². The maximum Gasteiger partial charge on any atom is 0.212 e. The number of hydrogen-bond acceptors (Lipinski definition) is 2. The molecule has 0 aliphatic heterocycles. The molecule has 0 aliphatic carbocycles. The summed E-state index contributed by atoms with van der Waals surface area (Å²) in [6.45, 7) is 7.74. The molecule has 0 saturated heterocycles. The highest BCUT2D eigenvalue weighted by molar-refractivity contribution is 6.09. The second kappa shape index (κ2) is 3.67. The third-order valence-corrected chi connectivity index (χ3v) is 3.14. The zero-order valence-corrected chi connectivity index (χ0v) is 9.97. The molecule has 0 atom stereocenters. The van der Waals surface area contributed by atoms with Crippen LogP contribution in [0, 0.1) is 27.7 Å². The van der Waals surface area contributed by atoms with Crippen LogP contribution in [0.1, 0.15) is 38.6 Å². The second-order valence-electron chi connectivity index (χ2n) is 4.09. The van der Waals surface area contributed by atoms with E-state index in [2.05, 4.69) is 4.98 Å². The summed E-state index contributed by atoms with van der Waals surface area (Å²) in [5.74, 6) is 0.661. The maximum absolute atomic E-state index is 12.2. The number of aromatic nitrogens is 1. The highest BCUT2D eigenvalue weighted by Crippen LogP contribution is 2.21. The quantitative estimate of drug-likeness (QED) is 0.786. The molecule has 0 unspecified atom stereocenters. The second-order valence-corrected chi connectivity index (χ2v) is 4.09. The van der Waals surface area contributed by atoms with Gasteiger partial charge in [0.25, 0.3) is 0 Å². The Morgan fingerprint density at radius 2 is 1.88 bits per heavy atom. The van der Waals surface area contributed by atoms with Crippen molar-refractivity contribution in [2.75, 3.05) is 0 Å². The van der Waals surface area contributed by atoms with Gasteiger partial charge in [0.05, 0.1) is 17.5 Å². The summed E-state index contributed by atoms with van der Waals surface area (Å²) in [4.78, 5) is 15.4. The minimum absolute atomic E-state index is 0.0000463. The van der Waals surface area contributed by atoms with Gasteiger partial charge in [0, 0.05) is 5.69 Å². The van der Waals surface area contributed by atoms with Gasteiger partial charge in [-0.25, -0.2) is 0 Å². The van der Waals surface area contributed by atoms with E-state index in [4.69, 9.17) is 4.42 Å². The SMILES string of the molecule is Cc1[nH]c(C(=O)c2ccoc2C)c(C)c1C. The molecule has 2 aromatic heterocycles. The summed E-state index contributed by atoms with van der Waals surface area (Å²) >= 11 is 0. The molecule has 2 heterocycles. The lowest BCUT2D eigenvalue weighted by Crippen LogP contribution is -2.04. The van der Waals surface area contributed by atoms with Crippen molar-refractivity contribution in [2.24, 2.45) is 0 Å². The van der Waals surface area contributed by atoms with E-state index in [0.29, 0.717) is 17.0 Å². The zero-order valence-electron chi connectivity index (χ0n) is 9.97. The summed E-state index contributed by atoms with van der Waals surface area (Å²) < 4.78 is 5.15. The lowest BCUT2D eigenvalue weighted by Gasteiger charge is -1.98. The summed E-state index contributed by atoms with van der Waals surface area (Å²) in [6, 6.07) is 1.71. The molecule has 0 aliphatic rings. The molecule has 0 radical (unpaired) electrons. The molecule has 0 amide bonds. The van der Waals surface area contributed by atoms with E-state index >= 15 is 0 Å². The lowest BCUT2D eigenvalue weighted by molar-refractivity contribution is 0.103. The van der Waals surface area contributed by atoms with Gasteiger partial charge < -0.3 is 9.40 Å². The molecule has 84 valence electrons. The third-order valence-electron chi connectivity index (χ3n) is 3.14. The van der Waals surface area contributed by atoms with Crippen LogP contribution < -0.4 is 0 Å². The number of carbonyl (C=O) groups is 1. The molecule has 3 heteroatoms. The van der Waals surface area contributed by atoms with Crippen LogP contribution in [-0.4, -0.2) is 10.8 Å². The monoisotopic (exact) mass is 217 g/mol. The van der Waals surface area contributed by atoms with E-state index in [1.165, 1.54) is 0 Å². The highest BCUT2D eigenvalue weighted by atomic mass is 16.3. The first-order valence-electron chi connectivity index (χ1n) is 5.27. The van der Waals surface area contributed by atoms with Gasteiger partial charge in [-0.15, -0.1) is 0 Å². The number of H-pyrrole nitrogens is 1. The number of rotatable bonds is 2. The minimum Gasteiger partial charge on any atom is -0.469 e. The predicted octanol–water partition coefficient (Wildman–Crippen LogP) is 3.07. The summed E-state index contributed by atoms with van der Waals surface area (Å²) in [5.41, 5.74) is 4.50. The Balaban J connectivity index is 2.50. The molecule has 1 N–H and O–H groups in total. The Hall–Kier alpha value is -1.77. The molecular formula is C13H15NO2. The van der Waals surface area contributed by atoms with Gasteiger partial charge in [-0.1, -0.05) is 0 Å². The van der Waals surface area contributed by atoms with E-state index < -0.39 is 0 Å². The van der Waals surface area contributed by atoms with Gasteiger partial charge in [-0.2, -0.15) is 0 Å². The van der Waals surface area contributed by atoms with Crippen LogP contribution in [0.5, 0.6) is 0 Å². The van der Waals surface area contributed by atoms with Gasteiger partial charge in [-0.05, 0) is 44.9 Å². The number of aromatic amines is 1. The van der Waals surface area contributed by atoms with E-state index in [1.54, 1.807) is 19.3 Å². The van der Waals surface area contributed by atoms with Gasteiger partial charge >= 0.3 is 0 Å². The molecule has 0 spiro atoms. The Morgan fingerprint density at radius 1 is 1.19 bits per heavy atom. The molecule has 3 nitrogen and oxygen atoms in total. The number of ketones is 1. The van der Waals surface area contributed by atoms with Crippen molar-refractivity contribution in [1.29, 1.82) is 0 Å². The standard InChI is InChI=1S/C13H15NO2/c1-7-8(2)12(14-9(7)3)13(15)11-5-6-16-10(11)4/h5-6,14H,1-4H3. The van der Waals surface area contributed by atoms with Crippen LogP contribution in [0.3, 0.4) is 0 Å². The Kier molecular flexibility index (Phi) is 2.46. The highest BCUT2D eigenvalue weighted by Gasteiger charge is 2.19. The van der Waals surface area contributed by atoms with E-state index in [9.17, 15) is 4.79 Å². The Morgan fingerprint density at radius 3 is 2.31 bits per heavy atom. The van der Waals surface area contributed by atoms with E-state index in [0.717, 1.165) is 16.8 Å². The molecule has 0 bridgehead atoms. The van der Waals surface area contributed by atoms with E-state index in [1.807, 2.05) is 20.8 Å². The van der Waals surface area contributed by atoms with Crippen LogP contribution in [0.25, 0.3) is 0 Å². The van der Waals surface area contributed by atoms with Crippen molar-refractivity contribution in [2.45, 2.75) is 27.7 Å². The molecule has 0 aromatic carbocycles. The zero-order chi connectivity index (χ0) is 11.9. The molecular weight excluding hydrogens is 202 g/mol. The topological polar surface area (TPSA) is 46.0 Å². The fraction of sp³-hybridized carbons (Fsp3) is 0.308. The van der Waals surface area contributed by atoms with Crippen LogP contribution in [0.4, 0.5) is 0 Å². The number of nitrogens with one attached hydrogen (secondary N) is 1. The molecule has 2 rings (SSSR count). The summed E-state index contributed by atoms with van der Waals surface area (Å²) in [7, 11) is 0. The number of furan rings is 1. The number of carbonyl (C=O) groups excluding carboxylic acids is 1. The minimum atomic E-state index is -0.0000463. The van der Waals surface area contributed by atoms with Crippen LogP contribution in [0.15, 0.2) is 16.7 Å². The normalized spacial score (nSPS) is 10.8. The van der Waals surface area contributed by atoms with Gasteiger partial charge in [0.2, 0.25) is 5.78 Å². The van der Waals surface area contributed by atoms with Gasteiger partial charge in [0.1, 0.15) is 5.76 Å². The van der Waals surface area contributed by atoms with Crippen LogP contribution >= 0.6 is 0 Å². The van der Waals surface area contributed by atoms with E-state index in [-0.39, 0.29) is 5.78 Å². The van der Waals surface area contributed by atoms with Gasteiger partial charge in [0.15, 0.2) is 0 Å². The average molecular weight is 217 g/mol. The van der Waals surface area contributed by atoms with Crippen LogP contribution in [0.2, 0.25) is 0 Å². The fourth-order valence-electron chi connectivity index (χ4n) is 1.83.